The predicted molar refractivity (Wildman–Crippen MR) is 122 cm³/mol. The zero-order valence-corrected chi connectivity index (χ0v) is 19.3. The van der Waals surface area contributed by atoms with E-state index < -0.39 is 0 Å². The minimum Gasteiger partial charge on any atom is -0.486 e. The summed E-state index contributed by atoms with van der Waals surface area (Å²) in [4.78, 5) is 32.7. The Morgan fingerprint density at radius 3 is 2.67 bits per heavy atom. The molecule has 0 aromatic carbocycles. The number of hydrogen-bond donors (Lipinski definition) is 1. The monoisotopic (exact) mass is 454 g/mol. The Hall–Kier alpha value is -3.45. The molecule has 0 radical (unpaired) electrons. The molecule has 1 fully saturated rings. The number of piperazine rings is 1. The summed E-state index contributed by atoms with van der Waals surface area (Å²) in [6.45, 7) is 8.46. The number of amides is 1. The molecule has 10 heteroatoms. The van der Waals surface area contributed by atoms with Gasteiger partial charge in [-0.25, -0.2) is 10.1 Å². The Kier molecular flexibility index (Phi) is 8.38. The number of nitrogens with one attached hydrogen (secondary N) is 1. The van der Waals surface area contributed by atoms with Gasteiger partial charge in [0.05, 0.1) is 36.5 Å². The van der Waals surface area contributed by atoms with Crippen molar-refractivity contribution in [1.29, 1.82) is 5.26 Å². The van der Waals surface area contributed by atoms with E-state index in [2.05, 4.69) is 26.2 Å². The van der Waals surface area contributed by atoms with E-state index in [0.29, 0.717) is 56.1 Å². The molecule has 0 spiro atoms. The highest BCUT2D eigenvalue weighted by molar-refractivity contribution is 5.77. The van der Waals surface area contributed by atoms with Gasteiger partial charge >= 0.3 is 0 Å². The van der Waals surface area contributed by atoms with Gasteiger partial charge in [-0.15, -0.1) is 0 Å². The number of pyridine rings is 1. The largest absolute Gasteiger partial charge is 0.486 e. The Bertz CT molecular complexity index is 1020. The molecule has 176 valence electrons. The van der Waals surface area contributed by atoms with Crippen molar-refractivity contribution in [1.82, 2.24) is 20.1 Å². The number of nitrogens with zero attached hydrogens (tertiary/aromatic N) is 5. The zero-order valence-electron chi connectivity index (χ0n) is 19.3. The van der Waals surface area contributed by atoms with Gasteiger partial charge in [0.25, 0.3) is 5.56 Å². The van der Waals surface area contributed by atoms with E-state index in [9.17, 15) is 9.59 Å². The molecule has 1 N–H and O–H groups in total. The van der Waals surface area contributed by atoms with E-state index in [1.54, 1.807) is 19.2 Å². The van der Waals surface area contributed by atoms with E-state index in [1.807, 2.05) is 24.8 Å². The average molecular weight is 455 g/mol. The lowest BCUT2D eigenvalue weighted by Gasteiger charge is -2.36. The third-order valence-electron chi connectivity index (χ3n) is 5.67. The van der Waals surface area contributed by atoms with Crippen molar-refractivity contribution in [2.24, 2.45) is 0 Å². The van der Waals surface area contributed by atoms with Crippen molar-refractivity contribution in [3.8, 4) is 11.8 Å². The summed E-state index contributed by atoms with van der Waals surface area (Å²) in [7, 11) is 0. The molecular formula is C23H30N6O4. The molecule has 2 aromatic heterocycles. The zero-order chi connectivity index (χ0) is 23.8. The lowest BCUT2D eigenvalue weighted by atomic mass is 10.2. The summed E-state index contributed by atoms with van der Waals surface area (Å²) < 4.78 is 11.8. The van der Waals surface area contributed by atoms with Crippen LogP contribution in [-0.4, -0.2) is 71.0 Å². The molecule has 33 heavy (non-hydrogen) atoms. The van der Waals surface area contributed by atoms with Gasteiger partial charge in [-0.05, 0) is 32.4 Å². The van der Waals surface area contributed by atoms with Gasteiger partial charge in [-0.1, -0.05) is 6.92 Å². The number of rotatable bonds is 9. The molecule has 1 saturated heterocycles. The summed E-state index contributed by atoms with van der Waals surface area (Å²) in [5.74, 6) is 1.31. The molecule has 0 unspecified atom stereocenters. The van der Waals surface area contributed by atoms with Crippen LogP contribution in [0.3, 0.4) is 0 Å². The first kappa shape index (κ1) is 24.2. The van der Waals surface area contributed by atoms with Crippen LogP contribution in [-0.2, 0) is 9.53 Å². The number of carbonyl (C=O) groups is 1. The summed E-state index contributed by atoms with van der Waals surface area (Å²) in [5, 5.41) is 15.0. The summed E-state index contributed by atoms with van der Waals surface area (Å²) >= 11 is 0. The van der Waals surface area contributed by atoms with Gasteiger partial charge in [-0.3, -0.25) is 9.59 Å². The highest BCUT2D eigenvalue weighted by Gasteiger charge is 2.24. The first-order chi connectivity index (χ1) is 15.9. The molecule has 2 atom stereocenters. The van der Waals surface area contributed by atoms with E-state index in [1.165, 1.54) is 6.20 Å². The van der Waals surface area contributed by atoms with Crippen molar-refractivity contribution in [2.75, 3.05) is 37.7 Å². The van der Waals surface area contributed by atoms with Crippen LogP contribution in [0.1, 0.15) is 37.8 Å². The average Bonchev–Trinajstić information content (AvgIpc) is 2.84. The van der Waals surface area contributed by atoms with Crippen LogP contribution >= 0.6 is 0 Å². The minimum atomic E-state index is -0.280. The van der Waals surface area contributed by atoms with Gasteiger partial charge in [-0.2, -0.15) is 10.4 Å². The number of ether oxygens (including phenoxy) is 2. The van der Waals surface area contributed by atoms with Gasteiger partial charge in [0.2, 0.25) is 5.91 Å². The second kappa shape index (κ2) is 11.4. The Morgan fingerprint density at radius 2 is 2.03 bits per heavy atom. The highest BCUT2D eigenvalue weighted by Crippen LogP contribution is 2.17. The second-order valence-corrected chi connectivity index (χ2v) is 8.07. The van der Waals surface area contributed by atoms with E-state index in [-0.39, 0.29) is 30.1 Å². The van der Waals surface area contributed by atoms with Crippen LogP contribution in [0.4, 0.5) is 5.82 Å². The SMILES string of the molecule is CC[C@@H](CO[C@@H](C)CC(=O)N1CCN(c2ccc(C#N)cn2)CC1)Oc1cn[nH]c(=O)c1C. The fourth-order valence-corrected chi connectivity index (χ4v) is 3.51. The molecule has 1 aliphatic rings. The van der Waals surface area contributed by atoms with E-state index in [0.717, 1.165) is 5.82 Å². The lowest BCUT2D eigenvalue weighted by Crippen LogP contribution is -2.49. The van der Waals surface area contributed by atoms with Crippen LogP contribution in [0, 0.1) is 18.3 Å². The molecular weight excluding hydrogens is 424 g/mol. The topological polar surface area (TPSA) is 124 Å². The molecule has 0 saturated carbocycles. The maximum absolute atomic E-state index is 12.7. The molecule has 2 aromatic rings. The molecule has 1 aliphatic heterocycles. The number of aromatic nitrogens is 3. The fraction of sp³-hybridized carbons (Fsp3) is 0.522. The number of aromatic amines is 1. The number of hydrogen-bond acceptors (Lipinski definition) is 8. The number of nitriles is 1. The number of H-pyrrole nitrogens is 1. The fourth-order valence-electron chi connectivity index (χ4n) is 3.51. The second-order valence-electron chi connectivity index (χ2n) is 8.07. The Balaban J connectivity index is 1.43. The molecule has 0 bridgehead atoms. The molecule has 10 nitrogen and oxygen atoms in total. The quantitative estimate of drug-likeness (QED) is 0.606. The van der Waals surface area contributed by atoms with Crippen molar-refractivity contribution >= 4 is 11.7 Å². The third-order valence-corrected chi connectivity index (χ3v) is 5.67. The first-order valence-corrected chi connectivity index (χ1v) is 11.1. The first-order valence-electron chi connectivity index (χ1n) is 11.1. The van der Waals surface area contributed by atoms with Crippen molar-refractivity contribution in [3.63, 3.8) is 0 Å². The van der Waals surface area contributed by atoms with Crippen molar-refractivity contribution < 1.29 is 14.3 Å². The maximum Gasteiger partial charge on any atom is 0.270 e. The van der Waals surface area contributed by atoms with Gasteiger partial charge in [0, 0.05) is 32.4 Å². The predicted octanol–water partition coefficient (Wildman–Crippen LogP) is 1.65. The number of anilines is 1. The van der Waals surface area contributed by atoms with E-state index >= 15 is 0 Å². The summed E-state index contributed by atoms with van der Waals surface area (Å²) in [6.07, 6.45) is 3.53. The standard InChI is InChI=1S/C23H30N6O4/c1-4-19(33-20-14-26-27-23(31)17(20)3)15-32-16(2)11-22(30)29-9-7-28(8-10-29)21-6-5-18(12-24)13-25-21/h5-6,13-14,16,19H,4,7-11,15H2,1-3H3,(H,27,31)/t16-,19-/m0/s1. The van der Waals surface area contributed by atoms with Gasteiger partial charge in [0.15, 0.2) is 0 Å². The Labute approximate surface area is 193 Å². The van der Waals surface area contributed by atoms with Gasteiger partial charge in [0.1, 0.15) is 23.7 Å². The lowest BCUT2D eigenvalue weighted by molar-refractivity contribution is -0.134. The minimum absolute atomic E-state index is 0.0542. The van der Waals surface area contributed by atoms with Crippen molar-refractivity contribution in [2.45, 2.75) is 45.8 Å². The Morgan fingerprint density at radius 1 is 1.27 bits per heavy atom. The molecule has 0 aliphatic carbocycles. The smallest absolute Gasteiger partial charge is 0.270 e. The summed E-state index contributed by atoms with van der Waals surface area (Å²) in [6, 6.07) is 5.65. The van der Waals surface area contributed by atoms with Crippen LogP contribution in [0.2, 0.25) is 0 Å². The molecule has 3 heterocycles. The van der Waals surface area contributed by atoms with Crippen molar-refractivity contribution in [3.05, 3.63) is 46.0 Å². The normalized spacial score (nSPS) is 15.6. The van der Waals surface area contributed by atoms with E-state index in [4.69, 9.17) is 14.7 Å². The molecule has 3 rings (SSSR count). The number of carbonyl (C=O) groups excluding carboxylic acids is 1. The van der Waals surface area contributed by atoms with Crippen LogP contribution in [0.15, 0.2) is 29.3 Å². The molecule has 1 amide bonds. The van der Waals surface area contributed by atoms with Crippen LogP contribution < -0.4 is 15.2 Å². The maximum atomic E-state index is 12.7. The summed E-state index contributed by atoms with van der Waals surface area (Å²) in [5.41, 5.74) is 0.723. The highest BCUT2D eigenvalue weighted by atomic mass is 16.5. The third kappa shape index (κ3) is 6.52. The van der Waals surface area contributed by atoms with Crippen LogP contribution in [0.5, 0.6) is 5.75 Å². The van der Waals surface area contributed by atoms with Crippen LogP contribution in [0.25, 0.3) is 0 Å². The van der Waals surface area contributed by atoms with Gasteiger partial charge < -0.3 is 19.3 Å².